The highest BCUT2D eigenvalue weighted by molar-refractivity contribution is 5.91. The summed E-state index contributed by atoms with van der Waals surface area (Å²) in [6.07, 6.45) is 1.43. The summed E-state index contributed by atoms with van der Waals surface area (Å²) < 4.78 is 9.55. The largest absolute Gasteiger partial charge is 0.504 e. The quantitative estimate of drug-likeness (QED) is 0.460. The Balaban J connectivity index is 3.01. The predicted octanol–water partition coefficient (Wildman–Crippen LogP) is 1.45. The molecule has 0 aromatic heterocycles. The first-order chi connectivity index (χ1) is 7.60. The lowest BCUT2D eigenvalue weighted by Gasteiger charge is -2.08. The van der Waals surface area contributed by atoms with Gasteiger partial charge < -0.3 is 19.7 Å². The summed E-state index contributed by atoms with van der Waals surface area (Å²) in [6, 6.07) is 2.38. The average Bonchev–Trinajstić information content (AvgIpc) is 2.29. The van der Waals surface area contributed by atoms with E-state index < -0.39 is 17.5 Å². The number of esters is 1. The lowest BCUT2D eigenvalue weighted by Crippen LogP contribution is -2.05. The molecule has 1 aromatic carbocycles. The summed E-state index contributed by atoms with van der Waals surface area (Å²) in [5, 5.41) is 18.7. The van der Waals surface area contributed by atoms with E-state index in [9.17, 15) is 15.0 Å². The Morgan fingerprint density at radius 1 is 1.50 bits per heavy atom. The van der Waals surface area contributed by atoms with Gasteiger partial charge in [-0.05, 0) is 12.1 Å². The molecule has 1 aromatic rings. The van der Waals surface area contributed by atoms with Crippen LogP contribution in [0.1, 0.15) is 10.4 Å². The number of methoxy groups -OCH3 is 1. The van der Waals surface area contributed by atoms with Crippen molar-refractivity contribution in [3.05, 3.63) is 30.4 Å². The minimum atomic E-state index is -0.631. The molecule has 1 rings (SSSR count). The van der Waals surface area contributed by atoms with Crippen molar-refractivity contribution >= 4 is 5.97 Å². The zero-order valence-electron chi connectivity index (χ0n) is 8.77. The summed E-state index contributed by atoms with van der Waals surface area (Å²) in [6.45, 7) is 3.47. The van der Waals surface area contributed by atoms with Crippen LogP contribution in [0.5, 0.6) is 17.2 Å². The minimum Gasteiger partial charge on any atom is -0.504 e. The number of phenols is 2. The standard InChI is InChI=1S/C11H12O5/c1-3-4-16-11(14)7-5-8(12)10(13)9(6-7)15-2/h3,5-6,12-13H,1,4H2,2H3. The first kappa shape index (κ1) is 11.9. The number of aromatic hydroxyl groups is 2. The molecule has 0 amide bonds. The predicted molar refractivity (Wildman–Crippen MR) is 56.8 cm³/mol. The van der Waals surface area contributed by atoms with Crippen molar-refractivity contribution in [2.24, 2.45) is 0 Å². The highest BCUT2D eigenvalue weighted by Gasteiger charge is 2.14. The van der Waals surface area contributed by atoms with E-state index >= 15 is 0 Å². The SMILES string of the molecule is C=CCOC(=O)c1cc(O)c(O)c(OC)c1. The maximum Gasteiger partial charge on any atom is 0.338 e. The maximum atomic E-state index is 11.4. The molecule has 0 saturated carbocycles. The van der Waals surface area contributed by atoms with Gasteiger partial charge in [0.25, 0.3) is 0 Å². The lowest BCUT2D eigenvalue weighted by atomic mass is 10.2. The molecule has 0 heterocycles. The number of carbonyl (C=O) groups is 1. The third kappa shape index (κ3) is 2.44. The Hall–Kier alpha value is -2.17. The van der Waals surface area contributed by atoms with Crippen LogP contribution in [0.25, 0.3) is 0 Å². The molecule has 0 aliphatic carbocycles. The fraction of sp³-hybridized carbons (Fsp3) is 0.182. The van der Waals surface area contributed by atoms with Crippen LogP contribution in [0.3, 0.4) is 0 Å². The summed E-state index contributed by atoms with van der Waals surface area (Å²) in [7, 11) is 1.31. The molecule has 0 radical (unpaired) electrons. The Morgan fingerprint density at radius 2 is 2.19 bits per heavy atom. The summed E-state index contributed by atoms with van der Waals surface area (Å²) in [5.74, 6) is -1.48. The Morgan fingerprint density at radius 3 is 2.75 bits per heavy atom. The van der Waals surface area contributed by atoms with Gasteiger partial charge in [0.15, 0.2) is 11.5 Å². The van der Waals surface area contributed by atoms with Crippen LogP contribution >= 0.6 is 0 Å². The topological polar surface area (TPSA) is 76.0 Å². The first-order valence-corrected chi connectivity index (χ1v) is 4.48. The average molecular weight is 224 g/mol. The molecular weight excluding hydrogens is 212 g/mol. The summed E-state index contributed by atoms with van der Waals surface area (Å²) in [4.78, 5) is 11.4. The number of rotatable bonds is 4. The van der Waals surface area contributed by atoms with Gasteiger partial charge in [0.1, 0.15) is 6.61 Å². The number of benzene rings is 1. The van der Waals surface area contributed by atoms with Crippen LogP contribution in [0.2, 0.25) is 0 Å². The second-order valence-corrected chi connectivity index (χ2v) is 2.93. The van der Waals surface area contributed by atoms with Gasteiger partial charge >= 0.3 is 5.97 Å². The molecule has 16 heavy (non-hydrogen) atoms. The molecule has 0 aliphatic heterocycles. The molecule has 0 unspecified atom stereocenters. The van der Waals surface area contributed by atoms with E-state index in [1.54, 1.807) is 0 Å². The molecule has 0 atom stereocenters. The van der Waals surface area contributed by atoms with Crippen molar-refractivity contribution in [3.8, 4) is 17.2 Å². The lowest BCUT2D eigenvalue weighted by molar-refractivity contribution is 0.0549. The molecule has 86 valence electrons. The highest BCUT2D eigenvalue weighted by atomic mass is 16.5. The van der Waals surface area contributed by atoms with Gasteiger partial charge in [0.2, 0.25) is 5.75 Å². The van der Waals surface area contributed by atoms with Crippen molar-refractivity contribution in [2.75, 3.05) is 13.7 Å². The molecular formula is C11H12O5. The highest BCUT2D eigenvalue weighted by Crippen LogP contribution is 2.36. The smallest absolute Gasteiger partial charge is 0.338 e. The Labute approximate surface area is 92.5 Å². The van der Waals surface area contributed by atoms with Crippen LogP contribution in [-0.4, -0.2) is 29.9 Å². The monoisotopic (exact) mass is 224 g/mol. The van der Waals surface area contributed by atoms with Gasteiger partial charge in [-0.2, -0.15) is 0 Å². The van der Waals surface area contributed by atoms with Gasteiger partial charge in [0.05, 0.1) is 12.7 Å². The maximum absolute atomic E-state index is 11.4. The molecule has 0 fully saturated rings. The third-order valence-electron chi connectivity index (χ3n) is 1.84. The molecule has 2 N–H and O–H groups in total. The number of phenolic OH excluding ortho intramolecular Hbond substituents is 2. The minimum absolute atomic E-state index is 0.00514. The number of hydrogen-bond acceptors (Lipinski definition) is 5. The van der Waals surface area contributed by atoms with E-state index in [1.165, 1.54) is 19.3 Å². The van der Waals surface area contributed by atoms with Crippen LogP contribution in [0.15, 0.2) is 24.8 Å². The summed E-state index contributed by atoms with van der Waals surface area (Å²) in [5.41, 5.74) is 0.0917. The molecule has 0 bridgehead atoms. The van der Waals surface area contributed by atoms with Crippen molar-refractivity contribution in [1.29, 1.82) is 0 Å². The van der Waals surface area contributed by atoms with Crippen molar-refractivity contribution in [3.63, 3.8) is 0 Å². The van der Waals surface area contributed by atoms with E-state index in [2.05, 4.69) is 6.58 Å². The first-order valence-electron chi connectivity index (χ1n) is 4.48. The van der Waals surface area contributed by atoms with Gasteiger partial charge in [-0.1, -0.05) is 12.7 Å². The zero-order valence-corrected chi connectivity index (χ0v) is 8.77. The molecule has 5 heteroatoms. The van der Waals surface area contributed by atoms with Gasteiger partial charge in [-0.15, -0.1) is 0 Å². The molecule has 0 saturated heterocycles. The number of hydrogen-bond donors (Lipinski definition) is 2. The fourth-order valence-electron chi connectivity index (χ4n) is 1.08. The normalized spacial score (nSPS) is 9.56. The Kier molecular flexibility index (Phi) is 3.77. The Bertz CT molecular complexity index is 411. The fourth-order valence-corrected chi connectivity index (χ4v) is 1.08. The third-order valence-corrected chi connectivity index (χ3v) is 1.84. The van der Waals surface area contributed by atoms with Crippen LogP contribution < -0.4 is 4.74 Å². The van der Waals surface area contributed by atoms with Gasteiger partial charge in [-0.25, -0.2) is 4.79 Å². The van der Waals surface area contributed by atoms with Crippen molar-refractivity contribution < 1.29 is 24.5 Å². The van der Waals surface area contributed by atoms with Crippen LogP contribution in [0, 0.1) is 0 Å². The van der Waals surface area contributed by atoms with Crippen LogP contribution in [0.4, 0.5) is 0 Å². The van der Waals surface area contributed by atoms with Crippen LogP contribution in [-0.2, 0) is 4.74 Å². The van der Waals surface area contributed by atoms with E-state index in [0.717, 1.165) is 6.07 Å². The van der Waals surface area contributed by atoms with E-state index in [-0.39, 0.29) is 17.9 Å². The molecule has 0 aliphatic rings. The number of ether oxygens (including phenoxy) is 2. The number of carbonyl (C=O) groups excluding carboxylic acids is 1. The zero-order chi connectivity index (χ0) is 12.1. The molecule has 0 spiro atoms. The van der Waals surface area contributed by atoms with E-state index in [0.29, 0.717) is 0 Å². The van der Waals surface area contributed by atoms with Crippen molar-refractivity contribution in [2.45, 2.75) is 0 Å². The molecule has 5 nitrogen and oxygen atoms in total. The second kappa shape index (κ2) is 5.06. The van der Waals surface area contributed by atoms with Gasteiger partial charge in [-0.3, -0.25) is 0 Å². The van der Waals surface area contributed by atoms with E-state index in [1.807, 2.05) is 0 Å². The van der Waals surface area contributed by atoms with Gasteiger partial charge in [0, 0.05) is 0 Å². The second-order valence-electron chi connectivity index (χ2n) is 2.93. The summed E-state index contributed by atoms with van der Waals surface area (Å²) >= 11 is 0. The van der Waals surface area contributed by atoms with Crippen molar-refractivity contribution in [1.82, 2.24) is 0 Å². The van der Waals surface area contributed by atoms with E-state index in [4.69, 9.17) is 9.47 Å².